The van der Waals surface area contributed by atoms with Gasteiger partial charge in [0.15, 0.2) is 0 Å². The lowest BCUT2D eigenvalue weighted by Gasteiger charge is -2.07. The molecule has 0 aliphatic heterocycles. The van der Waals surface area contributed by atoms with Crippen molar-refractivity contribution in [3.05, 3.63) is 53.1 Å². The first kappa shape index (κ1) is 18.5. The van der Waals surface area contributed by atoms with Crippen LogP contribution in [0.4, 0.5) is 0 Å². The van der Waals surface area contributed by atoms with Gasteiger partial charge in [0.2, 0.25) is 0 Å². The van der Waals surface area contributed by atoms with Crippen molar-refractivity contribution in [2.24, 2.45) is 5.10 Å². The number of aromatic hydroxyl groups is 1. The highest BCUT2D eigenvalue weighted by Gasteiger charge is 2.12. The maximum atomic E-state index is 12.2. The quantitative estimate of drug-likeness (QED) is 0.315. The summed E-state index contributed by atoms with van der Waals surface area (Å²) >= 11 is 7.40. The molecule has 0 atom stereocenters. The van der Waals surface area contributed by atoms with E-state index in [1.807, 2.05) is 45.2 Å². The smallest absolute Gasteiger partial charge is 0.275 e. The van der Waals surface area contributed by atoms with Crippen LogP contribution in [0.1, 0.15) is 15.9 Å². The number of carbonyl (C=O) groups excluding carboxylic acids is 1. The Labute approximate surface area is 168 Å². The molecule has 5 nitrogen and oxygen atoms in total. The molecule has 120 valence electrons. The molecule has 0 bridgehead atoms. The van der Waals surface area contributed by atoms with E-state index in [1.165, 1.54) is 13.3 Å². The molecule has 0 aliphatic rings. The number of nitrogens with one attached hydrogen (secondary N) is 1. The lowest BCUT2D eigenvalue weighted by atomic mass is 10.2. The van der Waals surface area contributed by atoms with Crippen LogP contribution in [0.25, 0.3) is 0 Å². The van der Waals surface area contributed by atoms with Gasteiger partial charge in [-0.2, -0.15) is 5.10 Å². The molecule has 2 N–H and O–H groups in total. The molecule has 0 saturated carbocycles. The Bertz CT molecular complexity index is 758. The van der Waals surface area contributed by atoms with Crippen molar-refractivity contribution >= 4 is 73.2 Å². The SMILES string of the molecule is COc1ccc(Br)cc1C(=O)N/N=C\c1cc(I)c(O)c(I)c1. The van der Waals surface area contributed by atoms with Crippen LogP contribution in [0.15, 0.2) is 39.9 Å². The summed E-state index contributed by atoms with van der Waals surface area (Å²) in [5.41, 5.74) is 3.62. The largest absolute Gasteiger partial charge is 0.506 e. The van der Waals surface area contributed by atoms with Gasteiger partial charge in [0.05, 0.1) is 26.0 Å². The zero-order chi connectivity index (χ0) is 17.0. The topological polar surface area (TPSA) is 70.9 Å². The third-order valence-electron chi connectivity index (χ3n) is 2.83. The van der Waals surface area contributed by atoms with Crippen molar-refractivity contribution in [2.75, 3.05) is 7.11 Å². The molecule has 2 aromatic rings. The molecule has 0 unspecified atom stereocenters. The van der Waals surface area contributed by atoms with E-state index in [-0.39, 0.29) is 11.7 Å². The molecule has 0 aromatic heterocycles. The maximum absolute atomic E-state index is 12.2. The standard InChI is InChI=1S/C15H11BrI2N2O3/c1-23-13-3-2-9(16)6-10(13)15(22)20-19-7-8-4-11(17)14(21)12(18)5-8/h2-7,21H,1H3,(H,20,22)/b19-7-. The average Bonchev–Trinajstić information content (AvgIpc) is 2.52. The van der Waals surface area contributed by atoms with Gasteiger partial charge in [-0.15, -0.1) is 0 Å². The Kier molecular flexibility index (Phi) is 6.65. The minimum Gasteiger partial charge on any atom is -0.506 e. The Hall–Kier alpha value is -0.880. The van der Waals surface area contributed by atoms with E-state index in [4.69, 9.17) is 4.74 Å². The molecule has 0 aliphatic carbocycles. The Balaban J connectivity index is 2.14. The molecule has 23 heavy (non-hydrogen) atoms. The van der Waals surface area contributed by atoms with Crippen molar-refractivity contribution < 1.29 is 14.6 Å². The van der Waals surface area contributed by atoms with Crippen LogP contribution in [0.5, 0.6) is 11.5 Å². The van der Waals surface area contributed by atoms with E-state index >= 15 is 0 Å². The van der Waals surface area contributed by atoms with Crippen molar-refractivity contribution in [2.45, 2.75) is 0 Å². The zero-order valence-corrected chi connectivity index (χ0v) is 17.7. The number of hydrazone groups is 1. The number of ether oxygens (including phenoxy) is 1. The number of amides is 1. The highest BCUT2D eigenvalue weighted by atomic mass is 127. The van der Waals surface area contributed by atoms with Crippen LogP contribution >= 0.6 is 61.1 Å². The maximum Gasteiger partial charge on any atom is 0.275 e. The van der Waals surface area contributed by atoms with Gasteiger partial charge in [-0.3, -0.25) is 4.79 Å². The van der Waals surface area contributed by atoms with Gasteiger partial charge in [-0.25, -0.2) is 5.43 Å². The van der Waals surface area contributed by atoms with Crippen LogP contribution in [-0.2, 0) is 0 Å². The molecule has 1 amide bonds. The van der Waals surface area contributed by atoms with E-state index in [9.17, 15) is 9.90 Å². The number of rotatable bonds is 4. The van der Waals surface area contributed by atoms with Gasteiger partial charge in [-0.05, 0) is 81.1 Å². The third kappa shape index (κ3) is 4.80. The van der Waals surface area contributed by atoms with Crippen LogP contribution in [0.2, 0.25) is 0 Å². The Morgan fingerprint density at radius 3 is 2.57 bits per heavy atom. The first-order valence-electron chi connectivity index (χ1n) is 6.27. The second kappa shape index (κ2) is 8.29. The lowest BCUT2D eigenvalue weighted by Crippen LogP contribution is -2.18. The summed E-state index contributed by atoms with van der Waals surface area (Å²) in [6.07, 6.45) is 1.52. The normalized spacial score (nSPS) is 10.8. The van der Waals surface area contributed by atoms with Crippen molar-refractivity contribution in [1.29, 1.82) is 0 Å². The van der Waals surface area contributed by atoms with Crippen molar-refractivity contribution in [3.63, 3.8) is 0 Å². The summed E-state index contributed by atoms with van der Waals surface area (Å²) in [5.74, 6) is 0.337. The van der Waals surface area contributed by atoms with E-state index in [0.29, 0.717) is 11.3 Å². The summed E-state index contributed by atoms with van der Waals surface area (Å²) < 4.78 is 7.38. The molecule has 0 fully saturated rings. The summed E-state index contributed by atoms with van der Waals surface area (Å²) in [6.45, 7) is 0. The monoisotopic (exact) mass is 600 g/mol. The molecule has 2 rings (SSSR count). The number of benzene rings is 2. The number of methoxy groups -OCH3 is 1. The van der Waals surface area contributed by atoms with Gasteiger partial charge in [0.25, 0.3) is 5.91 Å². The first-order chi connectivity index (χ1) is 10.9. The third-order valence-corrected chi connectivity index (χ3v) is 4.96. The Morgan fingerprint density at radius 1 is 1.30 bits per heavy atom. The zero-order valence-electron chi connectivity index (χ0n) is 11.8. The molecule has 8 heteroatoms. The summed E-state index contributed by atoms with van der Waals surface area (Å²) in [5, 5.41) is 13.7. The predicted octanol–water partition coefficient (Wildman–Crippen LogP) is 4.14. The van der Waals surface area contributed by atoms with Crippen LogP contribution < -0.4 is 10.2 Å². The highest BCUT2D eigenvalue weighted by molar-refractivity contribution is 14.1. The number of phenolic OH excluding ortho intramolecular Hbond substituents is 1. The van der Waals surface area contributed by atoms with Gasteiger partial charge in [0.1, 0.15) is 11.5 Å². The molecule has 0 spiro atoms. The number of nitrogens with zero attached hydrogens (tertiary/aromatic N) is 1. The number of phenols is 1. The molecule has 0 radical (unpaired) electrons. The molecule has 0 heterocycles. The van der Waals surface area contributed by atoms with Gasteiger partial charge >= 0.3 is 0 Å². The minimum atomic E-state index is -0.373. The number of carbonyl (C=O) groups is 1. The fourth-order valence-corrected chi connectivity index (χ4v) is 3.92. The summed E-state index contributed by atoms with van der Waals surface area (Å²) in [7, 11) is 1.50. The van der Waals surface area contributed by atoms with E-state index in [2.05, 4.69) is 26.5 Å². The van der Waals surface area contributed by atoms with E-state index < -0.39 is 0 Å². The molecule has 0 saturated heterocycles. The molecule has 2 aromatic carbocycles. The van der Waals surface area contributed by atoms with Gasteiger partial charge < -0.3 is 9.84 Å². The first-order valence-corrected chi connectivity index (χ1v) is 9.22. The van der Waals surface area contributed by atoms with E-state index in [0.717, 1.165) is 17.2 Å². The van der Waals surface area contributed by atoms with Gasteiger partial charge in [-0.1, -0.05) is 15.9 Å². The highest BCUT2D eigenvalue weighted by Crippen LogP contribution is 2.26. The fraction of sp³-hybridized carbons (Fsp3) is 0.0667. The second-order valence-corrected chi connectivity index (χ2v) is 7.62. The molecular formula is C15H11BrI2N2O3. The van der Waals surface area contributed by atoms with Gasteiger partial charge in [0, 0.05) is 4.47 Å². The Morgan fingerprint density at radius 2 is 1.96 bits per heavy atom. The summed E-state index contributed by atoms with van der Waals surface area (Å²) in [4.78, 5) is 12.2. The van der Waals surface area contributed by atoms with Crippen LogP contribution in [0, 0.1) is 7.14 Å². The van der Waals surface area contributed by atoms with Crippen LogP contribution in [-0.4, -0.2) is 24.3 Å². The second-order valence-electron chi connectivity index (χ2n) is 4.38. The minimum absolute atomic E-state index is 0.242. The van der Waals surface area contributed by atoms with Crippen molar-refractivity contribution in [3.8, 4) is 11.5 Å². The molecular weight excluding hydrogens is 590 g/mol. The summed E-state index contributed by atoms with van der Waals surface area (Å²) in [6, 6.07) is 8.70. The number of hydrogen-bond donors (Lipinski definition) is 2. The number of hydrogen-bond acceptors (Lipinski definition) is 4. The predicted molar refractivity (Wildman–Crippen MR) is 109 cm³/mol. The fourth-order valence-electron chi connectivity index (χ4n) is 1.74. The van der Waals surface area contributed by atoms with Crippen LogP contribution in [0.3, 0.4) is 0 Å². The number of halogens is 3. The van der Waals surface area contributed by atoms with Crippen molar-refractivity contribution in [1.82, 2.24) is 5.43 Å². The average molecular weight is 601 g/mol. The van der Waals surface area contributed by atoms with E-state index in [1.54, 1.807) is 30.3 Å². The lowest BCUT2D eigenvalue weighted by molar-refractivity contribution is 0.0952.